The summed E-state index contributed by atoms with van der Waals surface area (Å²) < 4.78 is 4.83. The number of carboxylic acid groups (broad SMARTS) is 1. The fourth-order valence-electron chi connectivity index (χ4n) is 1.64. The van der Waals surface area contributed by atoms with Crippen molar-refractivity contribution in [2.75, 3.05) is 5.32 Å². The zero-order chi connectivity index (χ0) is 15.6. The first-order valence-corrected chi connectivity index (χ1v) is 5.76. The normalized spacial score (nSPS) is 10.1. The standard InChI is InChI=1S/C13H10N2O6/c1-7-2-3-9(5-10(7)15(19)20)14-12(16)11-4-8(6-21-11)13(17)18/h2-6H,1H3,(H,14,16)(H,17,18). The molecule has 0 atom stereocenters. The summed E-state index contributed by atoms with van der Waals surface area (Å²) in [5, 5.41) is 22.0. The lowest BCUT2D eigenvalue weighted by Crippen LogP contribution is -2.11. The minimum Gasteiger partial charge on any atom is -0.478 e. The fourth-order valence-corrected chi connectivity index (χ4v) is 1.64. The predicted octanol–water partition coefficient (Wildman–Crippen LogP) is 2.45. The summed E-state index contributed by atoms with van der Waals surface area (Å²) in [6.45, 7) is 1.58. The highest BCUT2D eigenvalue weighted by Crippen LogP contribution is 2.22. The summed E-state index contributed by atoms with van der Waals surface area (Å²) >= 11 is 0. The van der Waals surface area contributed by atoms with Crippen LogP contribution >= 0.6 is 0 Å². The zero-order valence-electron chi connectivity index (χ0n) is 10.8. The lowest BCUT2D eigenvalue weighted by Gasteiger charge is -2.04. The lowest BCUT2D eigenvalue weighted by atomic mass is 10.2. The minimum absolute atomic E-state index is 0.126. The fraction of sp³-hybridized carbons (Fsp3) is 0.0769. The summed E-state index contributed by atoms with van der Waals surface area (Å²) in [6.07, 6.45) is 0.939. The molecule has 2 aromatic rings. The largest absolute Gasteiger partial charge is 0.478 e. The number of carbonyl (C=O) groups is 2. The van der Waals surface area contributed by atoms with Crippen LogP contribution in [0.2, 0.25) is 0 Å². The van der Waals surface area contributed by atoms with Gasteiger partial charge in [-0.3, -0.25) is 14.9 Å². The summed E-state index contributed by atoms with van der Waals surface area (Å²) in [4.78, 5) is 32.8. The van der Waals surface area contributed by atoms with Gasteiger partial charge in [-0.1, -0.05) is 6.07 Å². The second-order valence-electron chi connectivity index (χ2n) is 4.22. The third kappa shape index (κ3) is 3.06. The number of aryl methyl sites for hydroxylation is 1. The van der Waals surface area contributed by atoms with Crippen molar-refractivity contribution in [2.45, 2.75) is 6.92 Å². The van der Waals surface area contributed by atoms with E-state index in [-0.39, 0.29) is 22.7 Å². The molecule has 0 unspecified atom stereocenters. The molecule has 1 aromatic carbocycles. The van der Waals surface area contributed by atoms with Crippen LogP contribution in [0.1, 0.15) is 26.5 Å². The van der Waals surface area contributed by atoms with E-state index in [0.29, 0.717) is 5.56 Å². The minimum atomic E-state index is -1.22. The maximum Gasteiger partial charge on any atom is 0.338 e. The van der Waals surface area contributed by atoms with E-state index in [0.717, 1.165) is 12.3 Å². The van der Waals surface area contributed by atoms with Gasteiger partial charge in [-0.15, -0.1) is 0 Å². The molecule has 0 aliphatic rings. The number of benzene rings is 1. The van der Waals surface area contributed by atoms with Gasteiger partial charge >= 0.3 is 5.97 Å². The lowest BCUT2D eigenvalue weighted by molar-refractivity contribution is -0.385. The average molecular weight is 290 g/mol. The van der Waals surface area contributed by atoms with Crippen LogP contribution in [0.4, 0.5) is 11.4 Å². The Labute approximate surface area is 118 Å². The molecule has 1 aromatic heterocycles. The van der Waals surface area contributed by atoms with Crippen LogP contribution in [0.3, 0.4) is 0 Å². The molecule has 0 fully saturated rings. The van der Waals surface area contributed by atoms with Crippen LogP contribution < -0.4 is 5.32 Å². The van der Waals surface area contributed by atoms with Gasteiger partial charge in [0.1, 0.15) is 6.26 Å². The Bertz CT molecular complexity index is 734. The molecule has 0 aliphatic carbocycles. The van der Waals surface area contributed by atoms with Crippen molar-refractivity contribution in [3.8, 4) is 0 Å². The van der Waals surface area contributed by atoms with Crippen LogP contribution in [-0.4, -0.2) is 21.9 Å². The molecule has 1 amide bonds. The number of amides is 1. The smallest absolute Gasteiger partial charge is 0.338 e. The van der Waals surface area contributed by atoms with Crippen molar-refractivity contribution in [1.82, 2.24) is 0 Å². The van der Waals surface area contributed by atoms with Crippen LogP contribution in [0.25, 0.3) is 0 Å². The van der Waals surface area contributed by atoms with E-state index in [4.69, 9.17) is 9.52 Å². The maximum atomic E-state index is 11.8. The van der Waals surface area contributed by atoms with Crippen molar-refractivity contribution in [3.63, 3.8) is 0 Å². The van der Waals surface area contributed by atoms with Gasteiger partial charge in [0.25, 0.3) is 11.6 Å². The summed E-state index contributed by atoms with van der Waals surface area (Å²) in [5.41, 5.74) is 0.392. The van der Waals surface area contributed by atoms with Gasteiger partial charge in [0.2, 0.25) is 0 Å². The quantitative estimate of drug-likeness (QED) is 0.658. The SMILES string of the molecule is Cc1ccc(NC(=O)c2cc(C(=O)O)co2)cc1[N+](=O)[O-]. The number of nitrogens with one attached hydrogen (secondary N) is 1. The van der Waals surface area contributed by atoms with E-state index in [9.17, 15) is 19.7 Å². The molecule has 0 spiro atoms. The Morgan fingerprint density at radius 3 is 2.62 bits per heavy atom. The third-order valence-corrected chi connectivity index (χ3v) is 2.73. The Morgan fingerprint density at radius 1 is 1.33 bits per heavy atom. The van der Waals surface area contributed by atoms with Crippen LogP contribution in [-0.2, 0) is 0 Å². The number of nitro groups is 1. The first-order valence-electron chi connectivity index (χ1n) is 5.76. The number of nitrogens with zero attached hydrogens (tertiary/aromatic N) is 1. The first-order chi connectivity index (χ1) is 9.88. The Morgan fingerprint density at radius 2 is 2.05 bits per heavy atom. The van der Waals surface area contributed by atoms with E-state index in [2.05, 4.69) is 5.32 Å². The van der Waals surface area contributed by atoms with Crippen LogP contribution in [0, 0.1) is 17.0 Å². The highest BCUT2D eigenvalue weighted by Gasteiger charge is 2.17. The number of carboxylic acids is 1. The second kappa shape index (κ2) is 5.45. The molecule has 8 nitrogen and oxygen atoms in total. The molecule has 108 valence electrons. The van der Waals surface area contributed by atoms with E-state index in [1.807, 2.05) is 0 Å². The average Bonchev–Trinajstić information content (AvgIpc) is 2.90. The van der Waals surface area contributed by atoms with Crippen molar-refractivity contribution in [2.24, 2.45) is 0 Å². The molecule has 0 saturated heterocycles. The molecule has 0 aliphatic heterocycles. The molecule has 0 bridgehead atoms. The highest BCUT2D eigenvalue weighted by molar-refractivity contribution is 6.03. The molecule has 8 heteroatoms. The van der Waals surface area contributed by atoms with Gasteiger partial charge in [-0.25, -0.2) is 4.79 Å². The number of aromatic carboxylic acids is 1. The molecule has 21 heavy (non-hydrogen) atoms. The molecular formula is C13H10N2O6. The van der Waals surface area contributed by atoms with Crippen molar-refractivity contribution < 1.29 is 24.0 Å². The van der Waals surface area contributed by atoms with Gasteiger partial charge in [0, 0.05) is 23.4 Å². The highest BCUT2D eigenvalue weighted by atomic mass is 16.6. The Balaban J connectivity index is 2.21. The number of hydrogen-bond acceptors (Lipinski definition) is 5. The molecule has 2 N–H and O–H groups in total. The molecule has 2 rings (SSSR count). The maximum absolute atomic E-state index is 11.8. The monoisotopic (exact) mass is 290 g/mol. The number of nitro benzene ring substituents is 1. The Kier molecular flexibility index (Phi) is 3.70. The predicted molar refractivity (Wildman–Crippen MR) is 71.5 cm³/mol. The number of rotatable bonds is 4. The van der Waals surface area contributed by atoms with Crippen LogP contribution in [0.5, 0.6) is 0 Å². The van der Waals surface area contributed by atoms with Gasteiger partial charge in [-0.05, 0) is 13.0 Å². The second-order valence-corrected chi connectivity index (χ2v) is 4.22. The topological polar surface area (TPSA) is 123 Å². The molecule has 1 heterocycles. The van der Waals surface area contributed by atoms with Gasteiger partial charge in [0.15, 0.2) is 5.76 Å². The molecule has 0 radical (unpaired) electrons. The summed E-state index contributed by atoms with van der Waals surface area (Å²) in [6, 6.07) is 5.29. The van der Waals surface area contributed by atoms with Crippen molar-refractivity contribution in [3.05, 3.63) is 57.5 Å². The Hall–Kier alpha value is -3.16. The van der Waals surface area contributed by atoms with E-state index < -0.39 is 16.8 Å². The summed E-state index contributed by atoms with van der Waals surface area (Å²) in [5.74, 6) is -2.11. The molecular weight excluding hydrogens is 280 g/mol. The van der Waals surface area contributed by atoms with E-state index >= 15 is 0 Å². The zero-order valence-corrected chi connectivity index (χ0v) is 10.8. The van der Waals surface area contributed by atoms with Crippen molar-refractivity contribution >= 4 is 23.3 Å². The summed E-state index contributed by atoms with van der Waals surface area (Å²) in [7, 11) is 0. The molecule has 0 saturated carbocycles. The number of furan rings is 1. The van der Waals surface area contributed by atoms with Gasteiger partial charge in [0.05, 0.1) is 10.5 Å². The van der Waals surface area contributed by atoms with Crippen LogP contribution in [0.15, 0.2) is 34.9 Å². The van der Waals surface area contributed by atoms with E-state index in [1.165, 1.54) is 18.2 Å². The van der Waals surface area contributed by atoms with E-state index in [1.54, 1.807) is 6.92 Å². The number of anilines is 1. The first kappa shape index (κ1) is 14.3. The van der Waals surface area contributed by atoms with Crippen molar-refractivity contribution in [1.29, 1.82) is 0 Å². The number of hydrogen-bond donors (Lipinski definition) is 2. The number of carbonyl (C=O) groups excluding carboxylic acids is 1. The van der Waals surface area contributed by atoms with Gasteiger partial charge in [-0.2, -0.15) is 0 Å². The third-order valence-electron chi connectivity index (χ3n) is 2.73. The van der Waals surface area contributed by atoms with Gasteiger partial charge < -0.3 is 14.8 Å².